The minimum Gasteiger partial charge on any atom is -0.497 e. The van der Waals surface area contributed by atoms with Crippen molar-refractivity contribution in [1.29, 1.82) is 0 Å². The molecule has 17 heavy (non-hydrogen) atoms. The quantitative estimate of drug-likeness (QED) is 0.720. The summed E-state index contributed by atoms with van der Waals surface area (Å²) in [6.07, 6.45) is 5.54. The van der Waals surface area contributed by atoms with E-state index in [0.717, 1.165) is 11.0 Å². The van der Waals surface area contributed by atoms with Crippen molar-refractivity contribution in [2.45, 2.75) is 37.9 Å². The number of rotatable bonds is 5. The molecule has 2 heteroatoms. The molecular weight excluding hydrogens is 228 g/mol. The molecule has 1 aromatic rings. The average molecular weight is 251 g/mol. The molecule has 2 rings (SSSR count). The van der Waals surface area contributed by atoms with Crippen molar-refractivity contribution in [2.75, 3.05) is 18.6 Å². The molecule has 0 aliphatic carbocycles. The lowest BCUT2D eigenvalue weighted by Gasteiger charge is -2.12. The standard InChI is InChI=1S/C15H23OS/c1-3-4-11-17-12-5-6-15(17)13-7-9-14(16-2)10-8-13/h7-10,15H,3-6,11-12H2,1-2H3/q+1. The Morgan fingerprint density at radius 1 is 1.29 bits per heavy atom. The molecule has 1 aliphatic rings. The van der Waals surface area contributed by atoms with E-state index in [4.69, 9.17) is 4.74 Å². The van der Waals surface area contributed by atoms with Crippen LogP contribution in [0.1, 0.15) is 43.4 Å². The lowest BCUT2D eigenvalue weighted by molar-refractivity contribution is 0.414. The second-order valence-corrected chi connectivity index (χ2v) is 7.16. The van der Waals surface area contributed by atoms with Gasteiger partial charge in [0.2, 0.25) is 0 Å². The van der Waals surface area contributed by atoms with E-state index in [1.54, 1.807) is 7.11 Å². The fourth-order valence-electron chi connectivity index (χ4n) is 2.51. The van der Waals surface area contributed by atoms with E-state index in [9.17, 15) is 0 Å². The summed E-state index contributed by atoms with van der Waals surface area (Å²) in [6, 6.07) is 8.74. The van der Waals surface area contributed by atoms with Gasteiger partial charge in [0.05, 0.1) is 7.11 Å². The van der Waals surface area contributed by atoms with Crippen LogP contribution in [0.5, 0.6) is 5.75 Å². The second-order valence-electron chi connectivity index (χ2n) is 4.70. The van der Waals surface area contributed by atoms with Gasteiger partial charge in [-0.05, 0) is 35.9 Å². The van der Waals surface area contributed by atoms with Gasteiger partial charge >= 0.3 is 0 Å². The van der Waals surface area contributed by atoms with Crippen molar-refractivity contribution in [1.82, 2.24) is 0 Å². The Bertz CT molecular complexity index is 333. The molecule has 1 fully saturated rings. The van der Waals surface area contributed by atoms with Crippen LogP contribution < -0.4 is 4.74 Å². The Hall–Kier alpha value is -0.630. The Morgan fingerprint density at radius 2 is 2.06 bits per heavy atom. The third kappa shape index (κ3) is 3.19. The van der Waals surface area contributed by atoms with Crippen LogP contribution in [0.4, 0.5) is 0 Å². The molecule has 0 bridgehead atoms. The summed E-state index contributed by atoms with van der Waals surface area (Å²) >= 11 is 0. The van der Waals surface area contributed by atoms with E-state index in [2.05, 4.69) is 31.2 Å². The van der Waals surface area contributed by atoms with Crippen LogP contribution in [-0.4, -0.2) is 18.6 Å². The Kier molecular flexibility index (Phi) is 4.78. The van der Waals surface area contributed by atoms with E-state index in [-0.39, 0.29) is 0 Å². The molecule has 0 aromatic heterocycles. The lowest BCUT2D eigenvalue weighted by atomic mass is 10.1. The summed E-state index contributed by atoms with van der Waals surface area (Å²) in [7, 11) is 2.37. The lowest BCUT2D eigenvalue weighted by Crippen LogP contribution is -2.13. The first-order valence-electron chi connectivity index (χ1n) is 6.65. The molecule has 0 amide bonds. The number of unbranched alkanes of at least 4 members (excludes halogenated alkanes) is 1. The van der Waals surface area contributed by atoms with Crippen LogP contribution in [0.15, 0.2) is 24.3 Å². The maximum Gasteiger partial charge on any atom is 0.143 e. The highest BCUT2D eigenvalue weighted by Crippen LogP contribution is 2.37. The Labute approximate surface area is 108 Å². The van der Waals surface area contributed by atoms with E-state index in [1.165, 1.54) is 42.8 Å². The molecule has 2 atom stereocenters. The van der Waals surface area contributed by atoms with Crippen LogP contribution in [0, 0.1) is 0 Å². The minimum absolute atomic E-state index is 0.635. The van der Waals surface area contributed by atoms with Crippen molar-refractivity contribution < 1.29 is 4.74 Å². The van der Waals surface area contributed by atoms with Crippen molar-refractivity contribution in [3.63, 3.8) is 0 Å². The van der Waals surface area contributed by atoms with Gasteiger partial charge in [0.1, 0.15) is 22.5 Å². The predicted octanol–water partition coefficient (Wildman–Crippen LogP) is 3.95. The normalized spacial score (nSPS) is 23.9. The number of methoxy groups -OCH3 is 1. The van der Waals surface area contributed by atoms with Gasteiger partial charge in [-0.25, -0.2) is 0 Å². The monoisotopic (exact) mass is 251 g/mol. The summed E-state index contributed by atoms with van der Waals surface area (Å²) in [5.41, 5.74) is 1.53. The van der Waals surface area contributed by atoms with Gasteiger partial charge in [0.25, 0.3) is 0 Å². The molecule has 1 nitrogen and oxygen atoms in total. The molecule has 0 N–H and O–H groups in total. The summed E-state index contributed by atoms with van der Waals surface area (Å²) < 4.78 is 5.23. The molecule has 2 unspecified atom stereocenters. The molecule has 1 aliphatic heterocycles. The van der Waals surface area contributed by atoms with Gasteiger partial charge in [0, 0.05) is 12.0 Å². The maximum absolute atomic E-state index is 5.23. The highest BCUT2D eigenvalue weighted by Gasteiger charge is 2.36. The molecule has 1 saturated heterocycles. The molecule has 94 valence electrons. The van der Waals surface area contributed by atoms with E-state index in [0.29, 0.717) is 10.9 Å². The summed E-state index contributed by atoms with van der Waals surface area (Å²) in [6.45, 7) is 2.29. The third-order valence-corrected chi connectivity index (χ3v) is 6.46. The Balaban J connectivity index is 2.03. The van der Waals surface area contributed by atoms with Crippen LogP contribution in [0.2, 0.25) is 0 Å². The third-order valence-electron chi connectivity index (χ3n) is 3.52. The van der Waals surface area contributed by atoms with Crippen molar-refractivity contribution in [3.05, 3.63) is 29.8 Å². The topological polar surface area (TPSA) is 9.23 Å². The summed E-state index contributed by atoms with van der Waals surface area (Å²) in [5, 5.41) is 0.826. The summed E-state index contributed by atoms with van der Waals surface area (Å²) in [5.74, 6) is 3.87. The number of hydrogen-bond acceptors (Lipinski definition) is 1. The maximum atomic E-state index is 5.23. The summed E-state index contributed by atoms with van der Waals surface area (Å²) in [4.78, 5) is 0. The average Bonchev–Trinajstić information content (AvgIpc) is 2.84. The largest absolute Gasteiger partial charge is 0.497 e. The first kappa shape index (κ1) is 12.8. The van der Waals surface area contributed by atoms with Gasteiger partial charge in [-0.3, -0.25) is 0 Å². The van der Waals surface area contributed by atoms with Gasteiger partial charge in [-0.15, -0.1) is 0 Å². The Morgan fingerprint density at radius 3 is 2.71 bits per heavy atom. The van der Waals surface area contributed by atoms with Gasteiger partial charge in [-0.2, -0.15) is 0 Å². The highest BCUT2D eigenvalue weighted by atomic mass is 32.2. The number of hydrogen-bond donors (Lipinski definition) is 0. The zero-order chi connectivity index (χ0) is 12.1. The van der Waals surface area contributed by atoms with Crippen LogP contribution in [0.3, 0.4) is 0 Å². The fourth-order valence-corrected chi connectivity index (χ4v) is 5.53. The number of ether oxygens (including phenoxy) is 1. The molecule has 0 saturated carbocycles. The fraction of sp³-hybridized carbons (Fsp3) is 0.600. The van der Waals surface area contributed by atoms with E-state index >= 15 is 0 Å². The zero-order valence-electron chi connectivity index (χ0n) is 10.9. The van der Waals surface area contributed by atoms with Crippen molar-refractivity contribution in [2.24, 2.45) is 0 Å². The van der Waals surface area contributed by atoms with Crippen molar-refractivity contribution in [3.8, 4) is 5.75 Å². The van der Waals surface area contributed by atoms with Crippen LogP contribution in [0.25, 0.3) is 0 Å². The first-order valence-corrected chi connectivity index (χ1v) is 8.28. The molecular formula is C15H23OS+. The van der Waals surface area contributed by atoms with Crippen LogP contribution >= 0.6 is 0 Å². The smallest absolute Gasteiger partial charge is 0.143 e. The molecule has 1 heterocycles. The van der Waals surface area contributed by atoms with Crippen LogP contribution in [-0.2, 0) is 10.9 Å². The van der Waals surface area contributed by atoms with Crippen molar-refractivity contribution >= 4 is 10.9 Å². The zero-order valence-corrected chi connectivity index (χ0v) is 11.8. The molecule has 0 radical (unpaired) electrons. The second kappa shape index (κ2) is 6.34. The SMILES string of the molecule is CCCC[S+]1CCCC1c1ccc(OC)cc1. The molecule has 0 spiro atoms. The number of benzene rings is 1. The highest BCUT2D eigenvalue weighted by molar-refractivity contribution is 7.97. The predicted molar refractivity (Wildman–Crippen MR) is 77.0 cm³/mol. The minimum atomic E-state index is 0.635. The molecule has 1 aromatic carbocycles. The van der Waals surface area contributed by atoms with Gasteiger partial charge in [-0.1, -0.05) is 25.5 Å². The van der Waals surface area contributed by atoms with Gasteiger partial charge < -0.3 is 4.74 Å². The van der Waals surface area contributed by atoms with E-state index in [1.807, 2.05) is 0 Å². The first-order chi connectivity index (χ1) is 8.35. The van der Waals surface area contributed by atoms with Gasteiger partial charge in [0.15, 0.2) is 0 Å². The van der Waals surface area contributed by atoms with E-state index < -0.39 is 0 Å².